The van der Waals surface area contributed by atoms with Gasteiger partial charge in [0.15, 0.2) is 0 Å². The van der Waals surface area contributed by atoms with Crippen molar-refractivity contribution in [1.82, 2.24) is 4.90 Å². The molecule has 0 bridgehead atoms. The van der Waals surface area contributed by atoms with Gasteiger partial charge >= 0.3 is 0 Å². The van der Waals surface area contributed by atoms with Crippen molar-refractivity contribution >= 4 is 11.6 Å². The quantitative estimate of drug-likeness (QED) is 0.734. The van der Waals surface area contributed by atoms with Crippen LogP contribution in [0.1, 0.15) is 35.7 Å². The van der Waals surface area contributed by atoms with Crippen LogP contribution in [0.4, 0.5) is 5.69 Å². The Kier molecular flexibility index (Phi) is 2.86. The summed E-state index contributed by atoms with van der Waals surface area (Å²) < 4.78 is 0. The summed E-state index contributed by atoms with van der Waals surface area (Å²) in [6.07, 6.45) is 2.19. The van der Waals surface area contributed by atoms with Crippen LogP contribution in [-0.2, 0) is 0 Å². The molecule has 1 amide bonds. The third-order valence-corrected chi connectivity index (χ3v) is 3.25. The van der Waals surface area contributed by atoms with Crippen molar-refractivity contribution < 1.29 is 4.79 Å². The second-order valence-corrected chi connectivity index (χ2v) is 4.58. The van der Waals surface area contributed by atoms with Crippen LogP contribution in [0.2, 0.25) is 0 Å². The Morgan fingerprint density at radius 3 is 2.88 bits per heavy atom. The molecule has 0 saturated carbocycles. The molecule has 1 aliphatic heterocycles. The van der Waals surface area contributed by atoms with E-state index < -0.39 is 0 Å². The first-order chi connectivity index (χ1) is 7.59. The predicted octanol–water partition coefficient (Wildman–Crippen LogP) is 2.20. The van der Waals surface area contributed by atoms with Crippen LogP contribution < -0.4 is 5.73 Å². The monoisotopic (exact) mass is 218 g/mol. The predicted molar refractivity (Wildman–Crippen MR) is 65.3 cm³/mol. The second-order valence-electron chi connectivity index (χ2n) is 4.58. The van der Waals surface area contributed by atoms with Crippen molar-refractivity contribution in [3.8, 4) is 0 Å². The Balaban J connectivity index is 2.29. The molecule has 1 atom stereocenters. The van der Waals surface area contributed by atoms with Gasteiger partial charge in [0.2, 0.25) is 0 Å². The van der Waals surface area contributed by atoms with Crippen molar-refractivity contribution in [3.05, 3.63) is 29.3 Å². The third kappa shape index (κ3) is 1.90. The summed E-state index contributed by atoms with van der Waals surface area (Å²) >= 11 is 0. The van der Waals surface area contributed by atoms with Gasteiger partial charge in [0.25, 0.3) is 5.91 Å². The number of rotatable bonds is 1. The van der Waals surface area contributed by atoms with Crippen molar-refractivity contribution in [2.24, 2.45) is 0 Å². The molecule has 1 saturated heterocycles. The van der Waals surface area contributed by atoms with Gasteiger partial charge < -0.3 is 10.6 Å². The molecule has 1 aliphatic rings. The van der Waals surface area contributed by atoms with E-state index in [1.54, 1.807) is 0 Å². The van der Waals surface area contributed by atoms with E-state index in [1.165, 1.54) is 0 Å². The van der Waals surface area contributed by atoms with Gasteiger partial charge in [-0.15, -0.1) is 0 Å². The van der Waals surface area contributed by atoms with Crippen LogP contribution in [0.15, 0.2) is 18.2 Å². The molecule has 3 nitrogen and oxygen atoms in total. The highest BCUT2D eigenvalue weighted by atomic mass is 16.2. The molecule has 16 heavy (non-hydrogen) atoms. The Labute approximate surface area is 96.2 Å². The van der Waals surface area contributed by atoms with Crippen molar-refractivity contribution in [1.29, 1.82) is 0 Å². The molecule has 0 aromatic heterocycles. The zero-order chi connectivity index (χ0) is 11.7. The Morgan fingerprint density at radius 1 is 1.50 bits per heavy atom. The fourth-order valence-electron chi connectivity index (χ4n) is 2.25. The number of benzene rings is 1. The summed E-state index contributed by atoms with van der Waals surface area (Å²) in [7, 11) is 0. The van der Waals surface area contributed by atoms with Crippen LogP contribution in [0.3, 0.4) is 0 Å². The number of anilines is 1. The number of hydrogen-bond acceptors (Lipinski definition) is 2. The molecule has 0 aliphatic carbocycles. The highest BCUT2D eigenvalue weighted by Gasteiger charge is 2.26. The molecule has 1 aromatic carbocycles. The third-order valence-electron chi connectivity index (χ3n) is 3.25. The SMILES string of the molecule is Cc1ccc(N)c(C(=O)N2CCCC2C)c1. The number of likely N-dealkylation sites (tertiary alicyclic amines) is 1. The largest absolute Gasteiger partial charge is 0.398 e. The van der Waals surface area contributed by atoms with Gasteiger partial charge in [0.1, 0.15) is 0 Å². The van der Waals surface area contributed by atoms with Gasteiger partial charge in [0, 0.05) is 18.3 Å². The minimum absolute atomic E-state index is 0.0752. The lowest BCUT2D eigenvalue weighted by molar-refractivity contribution is 0.0748. The summed E-state index contributed by atoms with van der Waals surface area (Å²) in [6, 6.07) is 5.96. The molecule has 3 heteroatoms. The maximum Gasteiger partial charge on any atom is 0.256 e. The Morgan fingerprint density at radius 2 is 2.25 bits per heavy atom. The van der Waals surface area contributed by atoms with Gasteiger partial charge in [0.05, 0.1) is 5.56 Å². The van der Waals surface area contributed by atoms with Crippen LogP contribution in [0.5, 0.6) is 0 Å². The van der Waals surface area contributed by atoms with Crippen molar-refractivity contribution in [2.75, 3.05) is 12.3 Å². The first-order valence-corrected chi connectivity index (χ1v) is 5.76. The molecular weight excluding hydrogens is 200 g/mol. The van der Waals surface area contributed by atoms with E-state index in [4.69, 9.17) is 5.73 Å². The molecule has 1 fully saturated rings. The number of nitrogen functional groups attached to an aromatic ring is 1. The fourth-order valence-corrected chi connectivity index (χ4v) is 2.25. The highest BCUT2D eigenvalue weighted by molar-refractivity contribution is 5.99. The molecule has 1 heterocycles. The van der Waals surface area contributed by atoms with Crippen LogP contribution in [-0.4, -0.2) is 23.4 Å². The molecule has 2 N–H and O–H groups in total. The number of amides is 1. The number of nitrogens with zero attached hydrogens (tertiary/aromatic N) is 1. The lowest BCUT2D eigenvalue weighted by atomic mass is 10.1. The van der Waals surface area contributed by atoms with E-state index in [0.29, 0.717) is 17.3 Å². The number of carbonyl (C=O) groups excluding carboxylic acids is 1. The van der Waals surface area contributed by atoms with Gasteiger partial charge in [-0.3, -0.25) is 4.79 Å². The zero-order valence-corrected chi connectivity index (χ0v) is 9.86. The smallest absolute Gasteiger partial charge is 0.256 e. The fraction of sp³-hybridized carbons (Fsp3) is 0.462. The van der Waals surface area contributed by atoms with E-state index in [-0.39, 0.29) is 5.91 Å². The maximum atomic E-state index is 12.3. The van der Waals surface area contributed by atoms with Crippen molar-refractivity contribution in [2.45, 2.75) is 32.7 Å². The number of carbonyl (C=O) groups is 1. The van der Waals surface area contributed by atoms with E-state index in [2.05, 4.69) is 6.92 Å². The van der Waals surface area contributed by atoms with Gasteiger partial charge in [-0.1, -0.05) is 11.6 Å². The van der Waals surface area contributed by atoms with E-state index in [9.17, 15) is 4.79 Å². The zero-order valence-electron chi connectivity index (χ0n) is 9.86. The topological polar surface area (TPSA) is 46.3 Å². The summed E-state index contributed by atoms with van der Waals surface area (Å²) in [6.45, 7) is 4.92. The highest BCUT2D eigenvalue weighted by Crippen LogP contribution is 2.22. The molecule has 1 aromatic rings. The summed E-state index contributed by atoms with van der Waals surface area (Å²) in [4.78, 5) is 14.2. The standard InChI is InChI=1S/C13H18N2O/c1-9-5-6-12(14)11(8-9)13(16)15-7-3-4-10(15)2/h5-6,8,10H,3-4,7,14H2,1-2H3. The molecule has 0 radical (unpaired) electrons. The van der Waals surface area contributed by atoms with E-state index in [0.717, 1.165) is 24.9 Å². The number of nitrogens with two attached hydrogens (primary N) is 1. The maximum absolute atomic E-state index is 12.3. The second kappa shape index (κ2) is 4.16. The average molecular weight is 218 g/mol. The molecule has 86 valence electrons. The average Bonchev–Trinajstić information content (AvgIpc) is 2.67. The molecule has 0 spiro atoms. The lowest BCUT2D eigenvalue weighted by Gasteiger charge is -2.22. The summed E-state index contributed by atoms with van der Waals surface area (Å²) in [5.74, 6) is 0.0752. The van der Waals surface area contributed by atoms with Crippen LogP contribution in [0, 0.1) is 6.92 Å². The molecule has 1 unspecified atom stereocenters. The first kappa shape index (κ1) is 11.0. The lowest BCUT2D eigenvalue weighted by Crippen LogP contribution is -2.34. The normalized spacial score (nSPS) is 20.1. The van der Waals surface area contributed by atoms with Gasteiger partial charge in [-0.25, -0.2) is 0 Å². The van der Waals surface area contributed by atoms with Crippen LogP contribution >= 0.6 is 0 Å². The first-order valence-electron chi connectivity index (χ1n) is 5.76. The van der Waals surface area contributed by atoms with Gasteiger partial charge in [-0.05, 0) is 38.8 Å². The van der Waals surface area contributed by atoms with Gasteiger partial charge in [-0.2, -0.15) is 0 Å². The summed E-state index contributed by atoms with van der Waals surface area (Å²) in [5.41, 5.74) is 8.15. The van der Waals surface area contributed by atoms with Crippen LogP contribution in [0.25, 0.3) is 0 Å². The molecule has 2 rings (SSSR count). The summed E-state index contributed by atoms with van der Waals surface area (Å²) in [5, 5.41) is 0. The minimum atomic E-state index is 0.0752. The minimum Gasteiger partial charge on any atom is -0.398 e. The van der Waals surface area contributed by atoms with Crippen molar-refractivity contribution in [3.63, 3.8) is 0 Å². The van der Waals surface area contributed by atoms with E-state index in [1.807, 2.05) is 30.0 Å². The number of hydrogen-bond donors (Lipinski definition) is 1. The Bertz CT molecular complexity index is 414. The van der Waals surface area contributed by atoms with E-state index >= 15 is 0 Å². The number of aryl methyl sites for hydroxylation is 1. The Hall–Kier alpha value is -1.51. The molecular formula is C13H18N2O.